The van der Waals surface area contributed by atoms with Gasteiger partial charge in [0.2, 0.25) is 0 Å². The van der Waals surface area contributed by atoms with Crippen LogP contribution in [0.3, 0.4) is 0 Å². The van der Waals surface area contributed by atoms with E-state index in [-0.39, 0.29) is 23.9 Å². The van der Waals surface area contributed by atoms with Crippen molar-refractivity contribution in [3.05, 3.63) is 57.5 Å². The van der Waals surface area contributed by atoms with Gasteiger partial charge in [-0.3, -0.25) is 19.7 Å². The fraction of sp³-hybridized carbons (Fsp3) is 0.364. The Hall–Kier alpha value is -3.00. The molecule has 8 heteroatoms. The van der Waals surface area contributed by atoms with Gasteiger partial charge in [-0.05, 0) is 25.3 Å². The van der Waals surface area contributed by atoms with Crippen LogP contribution in [0, 0.1) is 5.92 Å². The quantitative estimate of drug-likeness (QED) is 0.551. The molecule has 3 rings (SSSR count). The van der Waals surface area contributed by atoms with Crippen molar-refractivity contribution in [1.29, 1.82) is 0 Å². The zero-order valence-electron chi connectivity index (χ0n) is 17.3. The standard InChI is InChI=1S/C22H25N3O4S/c1-4-29-19(26)11-15-13-30-22(23-15)24-20(27)18-12-25(10-9-14(2)3)21(28)17-8-6-5-7-16(17)18/h5-8,12-14H,4,9-11H2,1-3H3,(H,23,24,27). The number of hydrogen-bond donors (Lipinski definition) is 1. The number of carbonyl (C=O) groups excluding carboxylic acids is 2. The number of rotatable bonds is 8. The summed E-state index contributed by atoms with van der Waals surface area (Å²) in [4.78, 5) is 41.7. The lowest BCUT2D eigenvalue weighted by Gasteiger charge is -2.13. The molecule has 0 saturated carbocycles. The van der Waals surface area contributed by atoms with Crippen molar-refractivity contribution in [2.75, 3.05) is 11.9 Å². The van der Waals surface area contributed by atoms with Crippen LogP contribution in [0.25, 0.3) is 10.8 Å². The molecule has 0 unspecified atom stereocenters. The Morgan fingerprint density at radius 3 is 2.67 bits per heavy atom. The predicted octanol–water partition coefficient (Wildman–Crippen LogP) is 3.86. The van der Waals surface area contributed by atoms with Crippen molar-refractivity contribution >= 4 is 39.1 Å². The molecule has 0 bridgehead atoms. The van der Waals surface area contributed by atoms with Crippen LogP contribution in [0.1, 0.15) is 43.2 Å². The van der Waals surface area contributed by atoms with E-state index in [9.17, 15) is 14.4 Å². The molecule has 0 saturated heterocycles. The smallest absolute Gasteiger partial charge is 0.311 e. The number of ether oxygens (including phenoxy) is 1. The minimum atomic E-state index is -0.358. The summed E-state index contributed by atoms with van der Waals surface area (Å²) in [7, 11) is 0. The summed E-state index contributed by atoms with van der Waals surface area (Å²) in [5, 5.41) is 6.01. The van der Waals surface area contributed by atoms with E-state index in [2.05, 4.69) is 24.1 Å². The Bertz CT molecular complexity index is 1120. The number of esters is 1. The molecule has 0 radical (unpaired) electrons. The monoisotopic (exact) mass is 427 g/mol. The molecule has 0 aliphatic carbocycles. The van der Waals surface area contributed by atoms with E-state index in [0.29, 0.717) is 46.2 Å². The van der Waals surface area contributed by atoms with Gasteiger partial charge in [0.05, 0.1) is 24.3 Å². The number of aryl methyl sites for hydroxylation is 1. The number of thiazole rings is 1. The molecule has 0 spiro atoms. The summed E-state index contributed by atoms with van der Waals surface area (Å²) < 4.78 is 6.53. The number of carbonyl (C=O) groups is 2. The summed E-state index contributed by atoms with van der Waals surface area (Å²) >= 11 is 1.24. The van der Waals surface area contributed by atoms with Gasteiger partial charge in [0.25, 0.3) is 11.5 Å². The van der Waals surface area contributed by atoms with Crippen LogP contribution in [-0.4, -0.2) is 28.0 Å². The largest absolute Gasteiger partial charge is 0.466 e. The first-order valence-electron chi connectivity index (χ1n) is 9.92. The van der Waals surface area contributed by atoms with Gasteiger partial charge >= 0.3 is 5.97 Å². The molecule has 158 valence electrons. The number of benzene rings is 1. The van der Waals surface area contributed by atoms with Crippen molar-refractivity contribution in [1.82, 2.24) is 9.55 Å². The minimum Gasteiger partial charge on any atom is -0.466 e. The lowest BCUT2D eigenvalue weighted by molar-refractivity contribution is -0.142. The molecule has 0 atom stereocenters. The summed E-state index contributed by atoms with van der Waals surface area (Å²) in [6, 6.07) is 7.10. The highest BCUT2D eigenvalue weighted by molar-refractivity contribution is 7.14. The average Bonchev–Trinajstić information content (AvgIpc) is 3.14. The van der Waals surface area contributed by atoms with Crippen LogP contribution < -0.4 is 10.9 Å². The average molecular weight is 428 g/mol. The van der Waals surface area contributed by atoms with Gasteiger partial charge < -0.3 is 9.30 Å². The van der Waals surface area contributed by atoms with Gasteiger partial charge in [-0.25, -0.2) is 4.98 Å². The molecule has 2 aromatic heterocycles. The van der Waals surface area contributed by atoms with Crippen molar-refractivity contribution in [3.63, 3.8) is 0 Å². The van der Waals surface area contributed by atoms with E-state index in [1.807, 2.05) is 0 Å². The number of aromatic nitrogens is 2. The summed E-state index contributed by atoms with van der Waals surface area (Å²) in [6.45, 7) is 6.79. The van der Waals surface area contributed by atoms with E-state index >= 15 is 0 Å². The second kappa shape index (κ2) is 9.67. The Morgan fingerprint density at radius 2 is 1.97 bits per heavy atom. The van der Waals surface area contributed by atoms with Gasteiger partial charge in [0, 0.05) is 28.9 Å². The number of anilines is 1. The summed E-state index contributed by atoms with van der Waals surface area (Å²) in [6.07, 6.45) is 2.52. The number of hydrogen-bond acceptors (Lipinski definition) is 6. The zero-order chi connectivity index (χ0) is 21.7. The van der Waals surface area contributed by atoms with Crippen LogP contribution in [-0.2, 0) is 22.5 Å². The molecule has 1 aromatic carbocycles. The highest BCUT2D eigenvalue weighted by atomic mass is 32.1. The predicted molar refractivity (Wildman–Crippen MR) is 118 cm³/mol. The molecule has 1 amide bonds. The molecule has 7 nitrogen and oxygen atoms in total. The molecule has 0 fully saturated rings. The first kappa shape index (κ1) is 21.7. The lowest BCUT2D eigenvalue weighted by atomic mass is 10.1. The Balaban J connectivity index is 1.87. The molecular formula is C22H25N3O4S. The fourth-order valence-electron chi connectivity index (χ4n) is 3.06. The molecule has 3 aromatic rings. The van der Waals surface area contributed by atoms with Crippen LogP contribution in [0.15, 0.2) is 40.6 Å². The third kappa shape index (κ3) is 5.13. The van der Waals surface area contributed by atoms with Gasteiger partial charge in [0.1, 0.15) is 0 Å². The van der Waals surface area contributed by atoms with Crippen molar-refractivity contribution < 1.29 is 14.3 Å². The second-order valence-corrected chi connectivity index (χ2v) is 8.21. The number of nitrogens with one attached hydrogen (secondary N) is 1. The van der Waals surface area contributed by atoms with Crippen molar-refractivity contribution in [3.8, 4) is 0 Å². The molecule has 0 aliphatic heterocycles. The third-order valence-electron chi connectivity index (χ3n) is 4.59. The molecule has 2 heterocycles. The van der Waals surface area contributed by atoms with Crippen molar-refractivity contribution in [2.24, 2.45) is 5.92 Å². The number of fused-ring (bicyclic) bond motifs is 1. The summed E-state index contributed by atoms with van der Waals surface area (Å²) in [5.74, 6) is -0.265. The Labute approximate surface area is 178 Å². The van der Waals surface area contributed by atoms with Gasteiger partial charge in [-0.2, -0.15) is 0 Å². The van der Waals surface area contributed by atoms with E-state index < -0.39 is 0 Å². The maximum Gasteiger partial charge on any atom is 0.311 e. The highest BCUT2D eigenvalue weighted by Gasteiger charge is 2.17. The van der Waals surface area contributed by atoms with E-state index in [0.717, 1.165) is 6.42 Å². The first-order chi connectivity index (χ1) is 14.4. The van der Waals surface area contributed by atoms with Crippen molar-refractivity contribution in [2.45, 2.75) is 40.2 Å². The second-order valence-electron chi connectivity index (χ2n) is 7.35. The maximum atomic E-state index is 13.0. The van der Waals surface area contributed by atoms with Gasteiger partial charge in [0.15, 0.2) is 5.13 Å². The third-order valence-corrected chi connectivity index (χ3v) is 5.39. The highest BCUT2D eigenvalue weighted by Crippen LogP contribution is 2.20. The SMILES string of the molecule is CCOC(=O)Cc1csc(NC(=O)c2cn(CCC(C)C)c(=O)c3ccccc23)n1. The molecule has 0 aliphatic rings. The Kier molecular flexibility index (Phi) is 6.99. The van der Waals surface area contributed by atoms with E-state index in [1.54, 1.807) is 47.3 Å². The summed E-state index contributed by atoms with van der Waals surface area (Å²) in [5.41, 5.74) is 0.852. The normalized spacial score (nSPS) is 11.1. The number of amides is 1. The van der Waals surface area contributed by atoms with Gasteiger partial charge in [-0.15, -0.1) is 11.3 Å². The maximum absolute atomic E-state index is 13.0. The van der Waals surface area contributed by atoms with Gasteiger partial charge in [-0.1, -0.05) is 32.0 Å². The molecule has 1 N–H and O–H groups in total. The fourth-order valence-corrected chi connectivity index (χ4v) is 3.76. The molecule has 30 heavy (non-hydrogen) atoms. The minimum absolute atomic E-state index is 0.0588. The van der Waals surface area contributed by atoms with Crippen LogP contribution in [0.4, 0.5) is 5.13 Å². The van der Waals surface area contributed by atoms with Crippen LogP contribution in [0.5, 0.6) is 0 Å². The lowest BCUT2D eigenvalue weighted by Crippen LogP contribution is -2.24. The van der Waals surface area contributed by atoms with E-state index in [4.69, 9.17) is 4.74 Å². The number of nitrogens with zero attached hydrogens (tertiary/aromatic N) is 2. The zero-order valence-corrected chi connectivity index (χ0v) is 18.1. The first-order valence-corrected chi connectivity index (χ1v) is 10.8. The molecular weight excluding hydrogens is 402 g/mol. The van der Waals surface area contributed by atoms with Crippen LogP contribution >= 0.6 is 11.3 Å². The Morgan fingerprint density at radius 1 is 1.23 bits per heavy atom. The number of pyridine rings is 1. The van der Waals surface area contributed by atoms with E-state index in [1.165, 1.54) is 11.3 Å². The van der Waals surface area contributed by atoms with Crippen LogP contribution in [0.2, 0.25) is 0 Å². The topological polar surface area (TPSA) is 90.3 Å².